The first-order valence-electron chi connectivity index (χ1n) is 5.93. The molecule has 2 aromatic rings. The van der Waals surface area contributed by atoms with Gasteiger partial charge in [-0.15, -0.1) is 0 Å². The minimum atomic E-state index is -1.02. The van der Waals surface area contributed by atoms with Gasteiger partial charge in [-0.2, -0.15) is 0 Å². The summed E-state index contributed by atoms with van der Waals surface area (Å²) in [5, 5.41) is 10.9. The van der Waals surface area contributed by atoms with Crippen LogP contribution in [0.2, 0.25) is 0 Å². The summed E-state index contributed by atoms with van der Waals surface area (Å²) < 4.78 is 5.64. The fourth-order valence-electron chi connectivity index (χ4n) is 1.63. The van der Waals surface area contributed by atoms with Gasteiger partial charge >= 0.3 is 0 Å². The van der Waals surface area contributed by atoms with Crippen LogP contribution in [0.4, 0.5) is 0 Å². The fraction of sp³-hybridized carbons (Fsp3) is 0.357. The molecule has 0 saturated heterocycles. The van der Waals surface area contributed by atoms with Crippen molar-refractivity contribution in [3.05, 3.63) is 36.0 Å². The maximum absolute atomic E-state index is 9.84. The lowest BCUT2D eigenvalue weighted by atomic mass is 10.1. The van der Waals surface area contributed by atoms with Crippen molar-refractivity contribution in [3.63, 3.8) is 0 Å². The van der Waals surface area contributed by atoms with Gasteiger partial charge < -0.3 is 15.6 Å². The van der Waals surface area contributed by atoms with Crippen molar-refractivity contribution in [2.45, 2.75) is 19.4 Å². The number of aliphatic hydroxyl groups is 1. The van der Waals surface area contributed by atoms with E-state index in [9.17, 15) is 5.11 Å². The molecule has 1 atom stereocenters. The Bertz CT molecular complexity index is 552. The quantitative estimate of drug-likeness (QED) is 0.860. The fourth-order valence-corrected chi connectivity index (χ4v) is 1.63. The predicted molar refractivity (Wildman–Crippen MR) is 71.7 cm³/mol. The number of hydrogen-bond acceptors (Lipinski definition) is 4. The normalized spacial score (nSPS) is 14.4. The van der Waals surface area contributed by atoms with E-state index >= 15 is 0 Å². The van der Waals surface area contributed by atoms with Crippen molar-refractivity contribution >= 4 is 10.9 Å². The van der Waals surface area contributed by atoms with Crippen molar-refractivity contribution in [2.24, 2.45) is 5.73 Å². The molecule has 0 aliphatic heterocycles. The first kappa shape index (κ1) is 12.8. The summed E-state index contributed by atoms with van der Waals surface area (Å²) in [5.74, 6) is 0.671. The summed E-state index contributed by atoms with van der Waals surface area (Å²) in [6.45, 7) is 3.89. The number of aryl methyl sites for hydroxylation is 1. The zero-order valence-corrected chi connectivity index (χ0v) is 10.7. The number of fused-ring (bicyclic) bond motifs is 1. The van der Waals surface area contributed by atoms with E-state index in [0.717, 1.165) is 16.6 Å². The molecule has 4 heteroatoms. The van der Waals surface area contributed by atoms with Crippen LogP contribution in [0.3, 0.4) is 0 Å². The Balaban J connectivity index is 2.30. The molecule has 0 aliphatic rings. The van der Waals surface area contributed by atoms with Crippen molar-refractivity contribution in [3.8, 4) is 5.75 Å². The minimum absolute atomic E-state index is 0.151. The topological polar surface area (TPSA) is 68.4 Å². The molecule has 2 rings (SSSR count). The second-order valence-electron chi connectivity index (χ2n) is 4.77. The predicted octanol–water partition coefficient (Wildman–Crippen LogP) is 1.63. The second kappa shape index (κ2) is 4.92. The van der Waals surface area contributed by atoms with E-state index < -0.39 is 5.60 Å². The van der Waals surface area contributed by atoms with Crippen LogP contribution in [0.15, 0.2) is 30.3 Å². The highest BCUT2D eigenvalue weighted by molar-refractivity contribution is 5.84. The molecule has 3 N–H and O–H groups in total. The van der Waals surface area contributed by atoms with Gasteiger partial charge in [0.2, 0.25) is 0 Å². The third kappa shape index (κ3) is 2.78. The maximum Gasteiger partial charge on any atom is 0.145 e. The van der Waals surface area contributed by atoms with E-state index in [-0.39, 0.29) is 13.2 Å². The first-order valence-corrected chi connectivity index (χ1v) is 5.93. The molecule has 1 aromatic heterocycles. The molecule has 4 nitrogen and oxygen atoms in total. The summed E-state index contributed by atoms with van der Waals surface area (Å²) in [5.41, 5.74) is 6.18. The molecule has 96 valence electrons. The van der Waals surface area contributed by atoms with Gasteiger partial charge in [0.1, 0.15) is 23.5 Å². The van der Waals surface area contributed by atoms with E-state index in [1.54, 1.807) is 6.92 Å². The average molecular weight is 246 g/mol. The van der Waals surface area contributed by atoms with Gasteiger partial charge in [-0.25, -0.2) is 4.98 Å². The second-order valence-corrected chi connectivity index (χ2v) is 4.77. The van der Waals surface area contributed by atoms with Crippen LogP contribution in [0.25, 0.3) is 10.9 Å². The zero-order valence-electron chi connectivity index (χ0n) is 10.7. The van der Waals surface area contributed by atoms with Crippen molar-refractivity contribution < 1.29 is 9.84 Å². The number of para-hydroxylation sites is 1. The smallest absolute Gasteiger partial charge is 0.145 e. The van der Waals surface area contributed by atoms with Gasteiger partial charge in [-0.1, -0.05) is 18.2 Å². The number of ether oxygens (including phenoxy) is 1. The highest BCUT2D eigenvalue weighted by Gasteiger charge is 2.19. The Kier molecular flexibility index (Phi) is 3.50. The molecule has 0 fully saturated rings. The molecule has 1 heterocycles. The molecule has 18 heavy (non-hydrogen) atoms. The highest BCUT2D eigenvalue weighted by Crippen LogP contribution is 2.24. The Morgan fingerprint density at radius 3 is 2.83 bits per heavy atom. The first-order chi connectivity index (χ1) is 8.52. The lowest BCUT2D eigenvalue weighted by molar-refractivity contribution is 0.0200. The SMILES string of the molecule is Cc1ccc2cccc(OCC(C)(O)CN)c2n1. The molecule has 0 spiro atoms. The van der Waals surface area contributed by atoms with E-state index in [0.29, 0.717) is 5.75 Å². The Morgan fingerprint density at radius 2 is 2.11 bits per heavy atom. The van der Waals surface area contributed by atoms with Gasteiger partial charge in [0.05, 0.1) is 0 Å². The summed E-state index contributed by atoms with van der Waals surface area (Å²) >= 11 is 0. The van der Waals surface area contributed by atoms with Crippen LogP contribution >= 0.6 is 0 Å². The number of aromatic nitrogens is 1. The number of nitrogens with zero attached hydrogens (tertiary/aromatic N) is 1. The standard InChI is InChI=1S/C14H18N2O2/c1-10-6-7-11-4-3-5-12(13(11)16-10)18-9-14(2,17)8-15/h3-7,17H,8-9,15H2,1-2H3. The molecule has 0 amide bonds. The monoisotopic (exact) mass is 246 g/mol. The Morgan fingerprint density at radius 1 is 1.33 bits per heavy atom. The molecule has 1 unspecified atom stereocenters. The Hall–Kier alpha value is -1.65. The Labute approximate surface area is 106 Å². The summed E-state index contributed by atoms with van der Waals surface area (Å²) in [4.78, 5) is 4.46. The number of benzene rings is 1. The summed E-state index contributed by atoms with van der Waals surface area (Å²) in [6.07, 6.45) is 0. The van der Waals surface area contributed by atoms with Crippen molar-refractivity contribution in [2.75, 3.05) is 13.2 Å². The van der Waals surface area contributed by atoms with Crippen molar-refractivity contribution in [1.29, 1.82) is 0 Å². The molecule has 0 bridgehead atoms. The third-order valence-corrected chi connectivity index (χ3v) is 2.80. The molecular weight excluding hydrogens is 228 g/mol. The van der Waals surface area contributed by atoms with Crippen LogP contribution in [-0.2, 0) is 0 Å². The van der Waals surface area contributed by atoms with E-state index in [1.165, 1.54) is 0 Å². The summed E-state index contributed by atoms with van der Waals surface area (Å²) in [7, 11) is 0. The van der Waals surface area contributed by atoms with Crippen LogP contribution in [0, 0.1) is 6.92 Å². The number of hydrogen-bond donors (Lipinski definition) is 2. The van der Waals surface area contributed by atoms with Crippen molar-refractivity contribution in [1.82, 2.24) is 4.98 Å². The van der Waals surface area contributed by atoms with E-state index in [1.807, 2.05) is 37.3 Å². The van der Waals surface area contributed by atoms with E-state index in [4.69, 9.17) is 10.5 Å². The number of nitrogens with two attached hydrogens (primary N) is 1. The van der Waals surface area contributed by atoms with Crippen LogP contribution in [-0.4, -0.2) is 28.8 Å². The third-order valence-electron chi connectivity index (χ3n) is 2.80. The van der Waals surface area contributed by atoms with Crippen LogP contribution < -0.4 is 10.5 Å². The zero-order chi connectivity index (χ0) is 13.2. The maximum atomic E-state index is 9.84. The van der Waals surface area contributed by atoms with Crippen LogP contribution in [0.1, 0.15) is 12.6 Å². The molecular formula is C14H18N2O2. The largest absolute Gasteiger partial charge is 0.488 e. The lowest BCUT2D eigenvalue weighted by Crippen LogP contribution is -2.40. The minimum Gasteiger partial charge on any atom is -0.488 e. The molecule has 0 aliphatic carbocycles. The average Bonchev–Trinajstić information content (AvgIpc) is 2.36. The number of pyridine rings is 1. The van der Waals surface area contributed by atoms with E-state index in [2.05, 4.69) is 4.98 Å². The van der Waals surface area contributed by atoms with Gasteiger partial charge in [-0.05, 0) is 26.0 Å². The molecule has 1 aromatic carbocycles. The van der Waals surface area contributed by atoms with Gasteiger partial charge in [0, 0.05) is 17.6 Å². The number of rotatable bonds is 4. The molecule has 0 saturated carbocycles. The lowest BCUT2D eigenvalue weighted by Gasteiger charge is -2.21. The van der Waals surface area contributed by atoms with Crippen LogP contribution in [0.5, 0.6) is 5.75 Å². The van der Waals surface area contributed by atoms with Gasteiger partial charge in [-0.3, -0.25) is 0 Å². The molecule has 0 radical (unpaired) electrons. The van der Waals surface area contributed by atoms with Gasteiger partial charge in [0.25, 0.3) is 0 Å². The summed E-state index contributed by atoms with van der Waals surface area (Å²) in [6, 6.07) is 9.71. The van der Waals surface area contributed by atoms with Gasteiger partial charge in [0.15, 0.2) is 0 Å². The highest BCUT2D eigenvalue weighted by atomic mass is 16.5.